The summed E-state index contributed by atoms with van der Waals surface area (Å²) in [5, 5.41) is 5.68. The highest BCUT2D eigenvalue weighted by molar-refractivity contribution is 7.92. The number of hydrazone groups is 1. The molecule has 0 radical (unpaired) electrons. The highest BCUT2D eigenvalue weighted by Crippen LogP contribution is 2.26. The minimum absolute atomic E-state index is 0.0405. The molecule has 1 amide bonds. The van der Waals surface area contributed by atoms with Gasteiger partial charge >= 0.3 is 0 Å². The number of anilines is 1. The zero-order valence-corrected chi connectivity index (χ0v) is 17.1. The predicted molar refractivity (Wildman–Crippen MR) is 112 cm³/mol. The molecule has 1 heterocycles. The van der Waals surface area contributed by atoms with E-state index < -0.39 is 28.3 Å². The smallest absolute Gasteiger partial charge is 0.264 e. The maximum atomic E-state index is 14.4. The van der Waals surface area contributed by atoms with E-state index in [0.29, 0.717) is 0 Å². The number of para-hydroxylation sites is 1. The first-order chi connectivity index (χ1) is 13.9. The van der Waals surface area contributed by atoms with E-state index in [1.54, 1.807) is 12.1 Å². The first kappa shape index (κ1) is 20.7. The van der Waals surface area contributed by atoms with Crippen molar-refractivity contribution in [3.8, 4) is 0 Å². The summed E-state index contributed by atoms with van der Waals surface area (Å²) in [6.07, 6.45) is 1.45. The Morgan fingerprint density at radius 1 is 1.14 bits per heavy atom. The molecule has 29 heavy (non-hydrogen) atoms. The summed E-state index contributed by atoms with van der Waals surface area (Å²) in [5.41, 5.74) is 2.94. The topological polar surface area (TPSA) is 78.8 Å². The molecule has 0 fully saturated rings. The van der Waals surface area contributed by atoms with Crippen molar-refractivity contribution in [1.29, 1.82) is 0 Å². The zero-order chi connectivity index (χ0) is 20.9. The number of nitrogens with one attached hydrogen (secondary N) is 1. The summed E-state index contributed by atoms with van der Waals surface area (Å²) in [5.74, 6) is -1.45. The molecule has 0 aliphatic heterocycles. The minimum atomic E-state index is -4.17. The fourth-order valence-corrected chi connectivity index (χ4v) is 4.50. The number of thiophene rings is 1. The van der Waals surface area contributed by atoms with Crippen molar-refractivity contribution in [2.45, 2.75) is 11.8 Å². The van der Waals surface area contributed by atoms with Gasteiger partial charge < -0.3 is 0 Å². The van der Waals surface area contributed by atoms with Gasteiger partial charge in [0.25, 0.3) is 15.9 Å². The molecule has 0 spiro atoms. The summed E-state index contributed by atoms with van der Waals surface area (Å²) in [6, 6.07) is 15.2. The van der Waals surface area contributed by atoms with Crippen LogP contribution in [0.1, 0.15) is 10.4 Å². The van der Waals surface area contributed by atoms with Crippen LogP contribution in [-0.2, 0) is 14.8 Å². The summed E-state index contributed by atoms with van der Waals surface area (Å²) in [7, 11) is -4.17. The van der Waals surface area contributed by atoms with Crippen molar-refractivity contribution in [3.63, 3.8) is 0 Å². The lowest BCUT2D eigenvalue weighted by atomic mass is 10.2. The Hall–Kier alpha value is -3.04. The van der Waals surface area contributed by atoms with Crippen molar-refractivity contribution in [2.75, 3.05) is 10.8 Å². The van der Waals surface area contributed by atoms with Crippen LogP contribution in [0.25, 0.3) is 0 Å². The van der Waals surface area contributed by atoms with Gasteiger partial charge in [-0.1, -0.05) is 35.9 Å². The predicted octanol–water partition coefficient (Wildman–Crippen LogP) is 3.54. The Bertz CT molecular complexity index is 1110. The van der Waals surface area contributed by atoms with Crippen molar-refractivity contribution in [2.24, 2.45) is 5.10 Å². The average Bonchev–Trinajstić information content (AvgIpc) is 3.20. The molecule has 3 rings (SSSR count). The van der Waals surface area contributed by atoms with Crippen LogP contribution in [0.15, 0.2) is 76.0 Å². The quantitative estimate of drug-likeness (QED) is 0.459. The van der Waals surface area contributed by atoms with E-state index in [2.05, 4.69) is 10.5 Å². The van der Waals surface area contributed by atoms with Crippen molar-refractivity contribution in [1.82, 2.24) is 5.43 Å². The Morgan fingerprint density at radius 3 is 2.52 bits per heavy atom. The molecule has 2 aromatic carbocycles. The third kappa shape index (κ3) is 5.07. The molecule has 1 N–H and O–H groups in total. The van der Waals surface area contributed by atoms with E-state index in [4.69, 9.17) is 0 Å². The van der Waals surface area contributed by atoms with Gasteiger partial charge in [0.2, 0.25) is 0 Å². The lowest BCUT2D eigenvalue weighted by molar-refractivity contribution is -0.119. The number of nitrogens with zero attached hydrogens (tertiary/aromatic N) is 2. The van der Waals surface area contributed by atoms with E-state index in [1.807, 2.05) is 24.4 Å². The van der Waals surface area contributed by atoms with Crippen LogP contribution in [0.2, 0.25) is 0 Å². The SMILES string of the molecule is Cc1ccc(S(=O)(=O)N(CC(=O)N/N=C/c2cccs2)c2ccccc2F)cc1. The second kappa shape index (κ2) is 8.97. The Labute approximate surface area is 172 Å². The maximum Gasteiger partial charge on any atom is 0.264 e. The summed E-state index contributed by atoms with van der Waals surface area (Å²) in [4.78, 5) is 13.1. The van der Waals surface area contributed by atoms with E-state index >= 15 is 0 Å². The second-order valence-corrected chi connectivity index (χ2v) is 8.93. The highest BCUT2D eigenvalue weighted by atomic mass is 32.2. The first-order valence-electron chi connectivity index (χ1n) is 8.57. The van der Waals surface area contributed by atoms with Crippen molar-refractivity contribution < 1.29 is 17.6 Å². The van der Waals surface area contributed by atoms with Gasteiger partial charge in [0.05, 0.1) is 16.8 Å². The first-order valence-corrected chi connectivity index (χ1v) is 10.9. The number of aryl methyl sites for hydroxylation is 1. The molecule has 3 aromatic rings. The van der Waals surface area contributed by atoms with Crippen LogP contribution in [0.5, 0.6) is 0 Å². The Balaban J connectivity index is 1.88. The number of hydrogen-bond acceptors (Lipinski definition) is 5. The number of carbonyl (C=O) groups is 1. The lowest BCUT2D eigenvalue weighted by Crippen LogP contribution is -2.40. The van der Waals surface area contributed by atoms with Crippen LogP contribution in [-0.4, -0.2) is 27.1 Å². The molecule has 0 unspecified atom stereocenters. The molecule has 0 aliphatic rings. The summed E-state index contributed by atoms with van der Waals surface area (Å²) in [6.45, 7) is 1.20. The molecule has 0 saturated carbocycles. The fourth-order valence-electron chi connectivity index (χ4n) is 2.49. The van der Waals surface area contributed by atoms with E-state index in [0.717, 1.165) is 20.8 Å². The van der Waals surface area contributed by atoms with Crippen LogP contribution in [0, 0.1) is 12.7 Å². The third-order valence-electron chi connectivity index (χ3n) is 3.94. The van der Waals surface area contributed by atoms with Crippen LogP contribution >= 0.6 is 11.3 Å². The van der Waals surface area contributed by atoms with Gasteiger partial charge in [0.1, 0.15) is 12.4 Å². The number of sulfonamides is 1. The number of benzene rings is 2. The number of amides is 1. The monoisotopic (exact) mass is 431 g/mol. The van der Waals surface area contributed by atoms with Crippen molar-refractivity contribution >= 4 is 39.2 Å². The number of halogens is 1. The molecule has 150 valence electrons. The molecular weight excluding hydrogens is 413 g/mol. The van der Waals surface area contributed by atoms with Gasteiger partial charge in [0.15, 0.2) is 0 Å². The molecule has 0 bridgehead atoms. The normalized spacial score (nSPS) is 11.5. The van der Waals surface area contributed by atoms with Crippen LogP contribution in [0.3, 0.4) is 0 Å². The number of hydrogen-bond donors (Lipinski definition) is 1. The van der Waals surface area contributed by atoms with Crippen molar-refractivity contribution in [3.05, 3.63) is 82.3 Å². The largest absolute Gasteiger partial charge is 0.271 e. The highest BCUT2D eigenvalue weighted by Gasteiger charge is 2.29. The van der Waals surface area contributed by atoms with Gasteiger partial charge in [-0.3, -0.25) is 9.10 Å². The van der Waals surface area contributed by atoms with Crippen LogP contribution in [0.4, 0.5) is 10.1 Å². The second-order valence-electron chi connectivity index (χ2n) is 6.08. The molecule has 6 nitrogen and oxygen atoms in total. The Morgan fingerprint density at radius 2 is 1.86 bits per heavy atom. The standard InChI is InChI=1S/C20H18FN3O3S2/c1-15-8-10-17(11-9-15)29(26,27)24(19-7-3-2-6-18(19)21)14-20(25)23-22-13-16-5-4-12-28-16/h2-13H,14H2,1H3,(H,23,25)/b22-13+. The molecule has 0 saturated heterocycles. The minimum Gasteiger partial charge on any atom is -0.271 e. The van der Waals surface area contributed by atoms with Crippen LogP contribution < -0.4 is 9.73 Å². The molecule has 9 heteroatoms. The number of rotatable bonds is 7. The average molecular weight is 432 g/mol. The lowest BCUT2D eigenvalue weighted by Gasteiger charge is -2.24. The fraction of sp³-hybridized carbons (Fsp3) is 0.100. The molecule has 1 aromatic heterocycles. The Kier molecular flexibility index (Phi) is 6.40. The third-order valence-corrected chi connectivity index (χ3v) is 6.52. The van der Waals surface area contributed by atoms with Gasteiger partial charge in [0, 0.05) is 4.88 Å². The molecular formula is C20H18FN3O3S2. The number of carbonyl (C=O) groups excluding carboxylic acids is 1. The summed E-state index contributed by atoms with van der Waals surface area (Å²) >= 11 is 1.43. The maximum absolute atomic E-state index is 14.4. The van der Waals surface area contributed by atoms with Gasteiger partial charge in [-0.2, -0.15) is 5.10 Å². The van der Waals surface area contributed by atoms with E-state index in [1.165, 1.54) is 47.9 Å². The molecule has 0 aliphatic carbocycles. The van der Waals surface area contributed by atoms with Gasteiger partial charge in [-0.15, -0.1) is 11.3 Å². The van der Waals surface area contributed by atoms with E-state index in [-0.39, 0.29) is 10.6 Å². The van der Waals surface area contributed by atoms with Gasteiger partial charge in [-0.25, -0.2) is 18.2 Å². The molecule has 0 atom stereocenters. The van der Waals surface area contributed by atoms with E-state index in [9.17, 15) is 17.6 Å². The summed E-state index contributed by atoms with van der Waals surface area (Å²) < 4.78 is 41.4. The zero-order valence-electron chi connectivity index (χ0n) is 15.4. The van der Waals surface area contributed by atoms with Gasteiger partial charge in [-0.05, 0) is 42.6 Å².